The molecule has 0 saturated carbocycles. The van der Waals surface area contributed by atoms with Gasteiger partial charge in [-0.3, -0.25) is 0 Å². The van der Waals surface area contributed by atoms with Gasteiger partial charge in [0.2, 0.25) is 0 Å². The first-order valence-electron chi connectivity index (χ1n) is 7.23. The van der Waals surface area contributed by atoms with Gasteiger partial charge in [0.25, 0.3) is 0 Å². The molecule has 0 bridgehead atoms. The van der Waals surface area contributed by atoms with Crippen LogP contribution >= 0.6 is 11.6 Å². The fraction of sp³-hybridized carbons (Fsp3) is 0.333. The lowest BCUT2D eigenvalue weighted by Gasteiger charge is -2.38. The zero-order valence-electron chi connectivity index (χ0n) is 12.3. The average Bonchev–Trinajstić information content (AvgIpc) is 2.52. The molecule has 0 spiro atoms. The number of hydrogen-bond acceptors (Lipinski definition) is 1. The molecule has 0 aromatic heterocycles. The Kier molecular flexibility index (Phi) is 5.02. The minimum atomic E-state index is -0.849. The average molecular weight is 307 g/mol. The summed E-state index contributed by atoms with van der Waals surface area (Å²) in [7, 11) is 0. The van der Waals surface area contributed by atoms with Crippen molar-refractivity contribution in [2.45, 2.75) is 38.2 Å². The van der Waals surface area contributed by atoms with Gasteiger partial charge in [-0.2, -0.15) is 0 Å². The van der Waals surface area contributed by atoms with E-state index in [1.54, 1.807) is 0 Å². The van der Waals surface area contributed by atoms with E-state index in [1.165, 1.54) is 18.2 Å². The summed E-state index contributed by atoms with van der Waals surface area (Å²) in [5.41, 5.74) is 1.02. The highest BCUT2D eigenvalue weighted by molar-refractivity contribution is 6.31. The van der Waals surface area contributed by atoms with Crippen LogP contribution in [0.25, 0.3) is 0 Å². The van der Waals surface area contributed by atoms with Gasteiger partial charge in [-0.05, 0) is 36.6 Å². The number of aliphatic hydroxyl groups is 1. The van der Waals surface area contributed by atoms with Gasteiger partial charge >= 0.3 is 0 Å². The Morgan fingerprint density at radius 1 is 1.10 bits per heavy atom. The van der Waals surface area contributed by atoms with Crippen LogP contribution in [-0.4, -0.2) is 5.11 Å². The molecule has 0 aliphatic heterocycles. The van der Waals surface area contributed by atoms with Crippen LogP contribution in [0.1, 0.15) is 43.9 Å². The van der Waals surface area contributed by atoms with Gasteiger partial charge in [-0.15, -0.1) is 0 Å². The van der Waals surface area contributed by atoms with E-state index in [0.29, 0.717) is 10.6 Å². The van der Waals surface area contributed by atoms with E-state index in [1.807, 2.05) is 44.2 Å². The maximum Gasteiger partial charge on any atom is 0.123 e. The third-order valence-corrected chi connectivity index (χ3v) is 4.73. The number of rotatable bonds is 5. The smallest absolute Gasteiger partial charge is 0.123 e. The van der Waals surface area contributed by atoms with E-state index in [4.69, 9.17) is 11.6 Å². The molecule has 0 fully saturated rings. The maximum absolute atomic E-state index is 13.5. The van der Waals surface area contributed by atoms with Gasteiger partial charge in [0, 0.05) is 16.0 Å². The standard InChI is InChI=1S/C18H20ClFO/c1-3-18(4-2,13-8-6-5-7-9-13)17(21)15-12-14(20)10-11-16(15)19/h5-12,17,21H,3-4H2,1-2H3. The molecule has 0 heterocycles. The van der Waals surface area contributed by atoms with Crippen LogP contribution in [0.15, 0.2) is 48.5 Å². The van der Waals surface area contributed by atoms with Crippen molar-refractivity contribution in [3.63, 3.8) is 0 Å². The van der Waals surface area contributed by atoms with Gasteiger partial charge in [0.15, 0.2) is 0 Å². The van der Waals surface area contributed by atoms with Crippen molar-refractivity contribution in [3.8, 4) is 0 Å². The van der Waals surface area contributed by atoms with Crippen molar-refractivity contribution >= 4 is 11.6 Å². The van der Waals surface area contributed by atoms with Gasteiger partial charge in [-0.1, -0.05) is 55.8 Å². The van der Waals surface area contributed by atoms with E-state index in [9.17, 15) is 9.50 Å². The molecule has 0 aliphatic carbocycles. The molecule has 1 nitrogen and oxygen atoms in total. The third kappa shape index (κ3) is 2.97. The van der Waals surface area contributed by atoms with E-state index in [-0.39, 0.29) is 5.82 Å². The van der Waals surface area contributed by atoms with Crippen molar-refractivity contribution in [1.29, 1.82) is 0 Å². The summed E-state index contributed by atoms with van der Waals surface area (Å²) < 4.78 is 13.5. The van der Waals surface area contributed by atoms with Crippen molar-refractivity contribution in [2.24, 2.45) is 0 Å². The molecule has 21 heavy (non-hydrogen) atoms. The maximum atomic E-state index is 13.5. The van der Waals surface area contributed by atoms with Crippen LogP contribution < -0.4 is 0 Å². The van der Waals surface area contributed by atoms with E-state index >= 15 is 0 Å². The number of halogens is 2. The molecule has 0 aliphatic rings. The van der Waals surface area contributed by atoms with Gasteiger partial charge in [0.1, 0.15) is 5.82 Å². The van der Waals surface area contributed by atoms with E-state index < -0.39 is 11.5 Å². The molecule has 2 aromatic rings. The third-order valence-electron chi connectivity index (χ3n) is 4.39. The van der Waals surface area contributed by atoms with Crippen LogP contribution in [0.2, 0.25) is 5.02 Å². The van der Waals surface area contributed by atoms with Crippen molar-refractivity contribution in [2.75, 3.05) is 0 Å². The first kappa shape index (κ1) is 16.0. The molecule has 1 atom stereocenters. The molecule has 2 aromatic carbocycles. The lowest BCUT2D eigenvalue weighted by Crippen LogP contribution is -2.32. The number of hydrogen-bond donors (Lipinski definition) is 1. The molecule has 1 N–H and O–H groups in total. The second-order valence-electron chi connectivity index (χ2n) is 5.30. The van der Waals surface area contributed by atoms with Crippen LogP contribution in [0.3, 0.4) is 0 Å². The fourth-order valence-electron chi connectivity index (χ4n) is 2.99. The first-order valence-corrected chi connectivity index (χ1v) is 7.61. The normalized spacial score (nSPS) is 13.2. The Morgan fingerprint density at radius 2 is 1.71 bits per heavy atom. The van der Waals surface area contributed by atoms with E-state index in [0.717, 1.165) is 18.4 Å². The SMILES string of the molecule is CCC(CC)(c1ccccc1)C(O)c1cc(F)ccc1Cl. The van der Waals surface area contributed by atoms with Crippen LogP contribution in [-0.2, 0) is 5.41 Å². The summed E-state index contributed by atoms with van der Waals surface area (Å²) in [6.07, 6.45) is 0.626. The minimum Gasteiger partial charge on any atom is -0.387 e. The fourth-order valence-corrected chi connectivity index (χ4v) is 3.22. The van der Waals surface area contributed by atoms with Crippen molar-refractivity contribution in [3.05, 3.63) is 70.5 Å². The molecule has 0 amide bonds. The lowest BCUT2D eigenvalue weighted by atomic mass is 9.69. The van der Waals surface area contributed by atoms with Crippen LogP contribution in [0.5, 0.6) is 0 Å². The van der Waals surface area contributed by atoms with Crippen molar-refractivity contribution in [1.82, 2.24) is 0 Å². The quantitative estimate of drug-likeness (QED) is 0.797. The first-order chi connectivity index (χ1) is 10.0. The Labute approximate surface area is 130 Å². The molecule has 112 valence electrons. The Bertz CT molecular complexity index is 593. The second kappa shape index (κ2) is 6.59. The Hall–Kier alpha value is -1.38. The summed E-state index contributed by atoms with van der Waals surface area (Å²) in [6.45, 7) is 4.07. The molecule has 3 heteroatoms. The lowest BCUT2D eigenvalue weighted by molar-refractivity contribution is 0.0725. The predicted octanol–water partition coefficient (Wildman–Crippen LogP) is 5.27. The van der Waals surface area contributed by atoms with Crippen molar-refractivity contribution < 1.29 is 9.50 Å². The highest BCUT2D eigenvalue weighted by Crippen LogP contribution is 2.44. The van der Waals surface area contributed by atoms with Gasteiger partial charge in [0.05, 0.1) is 6.10 Å². The number of benzene rings is 2. The molecule has 0 saturated heterocycles. The highest BCUT2D eigenvalue weighted by atomic mass is 35.5. The molecular weight excluding hydrogens is 287 g/mol. The van der Waals surface area contributed by atoms with Crippen LogP contribution in [0, 0.1) is 5.82 Å². The van der Waals surface area contributed by atoms with Gasteiger partial charge < -0.3 is 5.11 Å². The molecule has 1 unspecified atom stereocenters. The number of aliphatic hydroxyl groups excluding tert-OH is 1. The van der Waals surface area contributed by atoms with Crippen LogP contribution in [0.4, 0.5) is 4.39 Å². The highest BCUT2D eigenvalue weighted by Gasteiger charge is 2.38. The summed E-state index contributed by atoms with van der Waals surface area (Å²) in [6, 6.07) is 14.0. The minimum absolute atomic E-state index is 0.386. The monoisotopic (exact) mass is 306 g/mol. The van der Waals surface area contributed by atoms with Gasteiger partial charge in [-0.25, -0.2) is 4.39 Å². The molecule has 2 rings (SSSR count). The topological polar surface area (TPSA) is 20.2 Å². The summed E-state index contributed by atoms with van der Waals surface area (Å²) in [4.78, 5) is 0. The largest absolute Gasteiger partial charge is 0.387 e. The predicted molar refractivity (Wildman–Crippen MR) is 85.1 cm³/mol. The molecule has 0 radical (unpaired) electrons. The zero-order chi connectivity index (χ0) is 15.5. The summed E-state index contributed by atoms with van der Waals surface area (Å²) >= 11 is 6.17. The summed E-state index contributed by atoms with van der Waals surface area (Å²) in [5, 5.41) is 11.3. The summed E-state index contributed by atoms with van der Waals surface area (Å²) in [5.74, 6) is -0.386. The zero-order valence-corrected chi connectivity index (χ0v) is 13.1. The Balaban J connectivity index is 2.54. The van der Waals surface area contributed by atoms with E-state index in [2.05, 4.69) is 0 Å². The Morgan fingerprint density at radius 3 is 2.29 bits per heavy atom. The molecular formula is C18H20ClFO. The second-order valence-corrected chi connectivity index (χ2v) is 5.70.